The first-order valence-electron chi connectivity index (χ1n) is 3.35. The lowest BCUT2D eigenvalue weighted by atomic mass is 10.5. The molecule has 0 bridgehead atoms. The molecule has 0 atom stereocenters. The van der Waals surface area contributed by atoms with E-state index in [2.05, 4.69) is 26.0 Å². The molecule has 0 aliphatic heterocycles. The summed E-state index contributed by atoms with van der Waals surface area (Å²) >= 11 is 3.35. The van der Waals surface area contributed by atoms with Gasteiger partial charge in [0.05, 0.1) is 7.11 Å². The average Bonchev–Trinajstić information content (AvgIpc) is 2.48. The van der Waals surface area contributed by atoms with E-state index in [9.17, 15) is 0 Å². The topological polar surface area (TPSA) is 39.4 Å². The Labute approximate surface area is 77.3 Å². The van der Waals surface area contributed by atoms with Gasteiger partial charge < -0.3 is 4.74 Å². The smallest absolute Gasteiger partial charge is 0.241 e. The Kier molecular flexibility index (Phi) is 1.73. The van der Waals surface area contributed by atoms with E-state index in [0.717, 1.165) is 10.1 Å². The summed E-state index contributed by atoms with van der Waals surface area (Å²) in [6.07, 6.45) is 1.45. The highest BCUT2D eigenvalue weighted by atomic mass is 79.9. The Bertz CT molecular complexity index is 412. The molecule has 4 nitrogen and oxygen atoms in total. The molecule has 2 aromatic rings. The largest absolute Gasteiger partial charge is 0.479 e. The van der Waals surface area contributed by atoms with Gasteiger partial charge in [-0.3, -0.25) is 0 Å². The Morgan fingerprint density at radius 3 is 3.08 bits per heavy atom. The van der Waals surface area contributed by atoms with Gasteiger partial charge in [-0.05, 0) is 28.1 Å². The van der Waals surface area contributed by atoms with Gasteiger partial charge in [-0.15, -0.1) is 0 Å². The van der Waals surface area contributed by atoms with Gasteiger partial charge in [0, 0.05) is 0 Å². The summed E-state index contributed by atoms with van der Waals surface area (Å²) in [6, 6.07) is 3.79. The van der Waals surface area contributed by atoms with Crippen LogP contribution >= 0.6 is 15.9 Å². The van der Waals surface area contributed by atoms with Crippen LogP contribution in [0.5, 0.6) is 5.88 Å². The molecule has 0 amide bonds. The number of aromatic nitrogens is 3. The van der Waals surface area contributed by atoms with Crippen molar-refractivity contribution in [1.29, 1.82) is 0 Å². The predicted molar refractivity (Wildman–Crippen MR) is 47.2 cm³/mol. The number of ether oxygens (including phenoxy) is 1. The summed E-state index contributed by atoms with van der Waals surface area (Å²) in [4.78, 5) is 3.96. The van der Waals surface area contributed by atoms with Crippen molar-refractivity contribution in [2.75, 3.05) is 7.11 Å². The van der Waals surface area contributed by atoms with Gasteiger partial charge in [-0.25, -0.2) is 4.52 Å². The first-order valence-corrected chi connectivity index (χ1v) is 4.14. The summed E-state index contributed by atoms with van der Waals surface area (Å²) < 4.78 is 7.65. The van der Waals surface area contributed by atoms with Crippen LogP contribution in [0.1, 0.15) is 0 Å². The second-order valence-electron chi connectivity index (χ2n) is 2.22. The summed E-state index contributed by atoms with van der Waals surface area (Å²) in [5.74, 6) is 0.579. The molecule has 0 saturated carbocycles. The van der Waals surface area contributed by atoms with Crippen molar-refractivity contribution in [3.63, 3.8) is 0 Å². The molecule has 2 aromatic heterocycles. The normalized spacial score (nSPS) is 10.5. The summed E-state index contributed by atoms with van der Waals surface area (Å²) in [6.45, 7) is 0. The summed E-state index contributed by atoms with van der Waals surface area (Å²) in [5.41, 5.74) is 0.854. The maximum Gasteiger partial charge on any atom is 0.241 e. The van der Waals surface area contributed by atoms with E-state index < -0.39 is 0 Å². The molecular formula is C7H6BrN3O. The van der Waals surface area contributed by atoms with Gasteiger partial charge >= 0.3 is 0 Å². The minimum atomic E-state index is 0.579. The lowest BCUT2D eigenvalue weighted by Crippen LogP contribution is -1.96. The molecule has 0 aliphatic rings. The molecule has 12 heavy (non-hydrogen) atoms. The van der Waals surface area contributed by atoms with E-state index >= 15 is 0 Å². The van der Waals surface area contributed by atoms with E-state index in [0.29, 0.717) is 5.88 Å². The van der Waals surface area contributed by atoms with Gasteiger partial charge in [0.1, 0.15) is 16.4 Å². The lowest BCUT2D eigenvalue weighted by molar-refractivity contribution is 0.399. The Morgan fingerprint density at radius 2 is 2.33 bits per heavy atom. The summed E-state index contributed by atoms with van der Waals surface area (Å²) in [7, 11) is 1.59. The zero-order chi connectivity index (χ0) is 8.55. The van der Waals surface area contributed by atoms with Crippen LogP contribution in [0.2, 0.25) is 0 Å². The van der Waals surface area contributed by atoms with Gasteiger partial charge in [0.25, 0.3) is 0 Å². The van der Waals surface area contributed by atoms with Crippen LogP contribution in [-0.2, 0) is 0 Å². The van der Waals surface area contributed by atoms with Crippen LogP contribution in [0.3, 0.4) is 0 Å². The first kappa shape index (κ1) is 7.54. The minimum absolute atomic E-state index is 0.579. The molecule has 0 spiro atoms. The molecule has 0 radical (unpaired) electrons. The second-order valence-corrected chi connectivity index (χ2v) is 3.03. The quantitative estimate of drug-likeness (QED) is 0.742. The Balaban J connectivity index is 2.81. The molecule has 2 heterocycles. The van der Waals surface area contributed by atoms with Crippen molar-refractivity contribution in [3.05, 3.63) is 23.1 Å². The fourth-order valence-corrected chi connectivity index (χ4v) is 1.45. The number of fused-ring (bicyclic) bond motifs is 1. The van der Waals surface area contributed by atoms with Gasteiger partial charge in [-0.2, -0.15) is 10.1 Å². The monoisotopic (exact) mass is 227 g/mol. The standard InChI is InChI=1S/C7H6BrN3O/c1-12-7-5-2-3-6(8)11(5)10-4-9-7/h2-4H,1H3. The predicted octanol–water partition coefficient (Wildman–Crippen LogP) is 1.50. The molecule has 0 fully saturated rings. The van der Waals surface area contributed by atoms with E-state index in [1.165, 1.54) is 6.33 Å². The molecule has 0 aromatic carbocycles. The maximum absolute atomic E-state index is 5.05. The van der Waals surface area contributed by atoms with Crippen LogP contribution in [0.15, 0.2) is 23.1 Å². The molecule has 2 rings (SSSR count). The van der Waals surface area contributed by atoms with E-state index in [1.807, 2.05) is 12.1 Å². The average molecular weight is 228 g/mol. The van der Waals surface area contributed by atoms with Gasteiger partial charge in [0.2, 0.25) is 5.88 Å². The van der Waals surface area contributed by atoms with Gasteiger partial charge in [0.15, 0.2) is 0 Å². The second kappa shape index (κ2) is 2.75. The van der Waals surface area contributed by atoms with Crippen molar-refractivity contribution in [1.82, 2.24) is 14.6 Å². The van der Waals surface area contributed by atoms with Crippen LogP contribution < -0.4 is 4.74 Å². The minimum Gasteiger partial charge on any atom is -0.479 e. The highest BCUT2D eigenvalue weighted by Gasteiger charge is 2.04. The van der Waals surface area contributed by atoms with E-state index in [-0.39, 0.29) is 0 Å². The fourth-order valence-electron chi connectivity index (χ4n) is 1.04. The van der Waals surface area contributed by atoms with E-state index in [4.69, 9.17) is 4.74 Å². The number of hydrogen-bond donors (Lipinski definition) is 0. The van der Waals surface area contributed by atoms with Crippen LogP contribution in [0.25, 0.3) is 5.52 Å². The SMILES string of the molecule is COc1ncnn2c(Br)ccc12. The molecular weight excluding hydrogens is 222 g/mol. The molecule has 62 valence electrons. The zero-order valence-electron chi connectivity index (χ0n) is 6.36. The van der Waals surface area contributed by atoms with Crippen molar-refractivity contribution in [2.45, 2.75) is 0 Å². The third kappa shape index (κ3) is 0.972. The Hall–Kier alpha value is -1.10. The third-order valence-electron chi connectivity index (χ3n) is 1.56. The van der Waals surface area contributed by atoms with Crippen molar-refractivity contribution >= 4 is 21.4 Å². The molecule has 0 aliphatic carbocycles. The maximum atomic E-state index is 5.05. The zero-order valence-corrected chi connectivity index (χ0v) is 7.95. The van der Waals surface area contributed by atoms with Crippen LogP contribution in [-0.4, -0.2) is 21.7 Å². The van der Waals surface area contributed by atoms with Crippen LogP contribution in [0, 0.1) is 0 Å². The number of halogens is 1. The molecule has 0 saturated heterocycles. The highest BCUT2D eigenvalue weighted by molar-refractivity contribution is 9.10. The Morgan fingerprint density at radius 1 is 1.50 bits per heavy atom. The fraction of sp³-hybridized carbons (Fsp3) is 0.143. The third-order valence-corrected chi connectivity index (χ3v) is 2.16. The van der Waals surface area contributed by atoms with Crippen molar-refractivity contribution in [2.24, 2.45) is 0 Å². The van der Waals surface area contributed by atoms with E-state index in [1.54, 1.807) is 11.6 Å². The van der Waals surface area contributed by atoms with Crippen molar-refractivity contribution < 1.29 is 4.74 Å². The first-order chi connectivity index (χ1) is 5.83. The molecule has 0 N–H and O–H groups in total. The summed E-state index contributed by atoms with van der Waals surface area (Å²) in [5, 5.41) is 4.03. The van der Waals surface area contributed by atoms with Crippen LogP contribution in [0.4, 0.5) is 0 Å². The number of methoxy groups -OCH3 is 1. The number of nitrogens with zero attached hydrogens (tertiary/aromatic N) is 3. The lowest BCUT2D eigenvalue weighted by Gasteiger charge is -1.99. The molecule has 5 heteroatoms. The number of hydrogen-bond acceptors (Lipinski definition) is 3. The highest BCUT2D eigenvalue weighted by Crippen LogP contribution is 2.20. The number of rotatable bonds is 1. The van der Waals surface area contributed by atoms with Crippen molar-refractivity contribution in [3.8, 4) is 5.88 Å². The molecule has 0 unspecified atom stereocenters. The van der Waals surface area contributed by atoms with Gasteiger partial charge in [-0.1, -0.05) is 0 Å².